The highest BCUT2D eigenvalue weighted by Gasteiger charge is 2.13. The van der Waals surface area contributed by atoms with Crippen molar-refractivity contribution in [3.8, 4) is 0 Å². The third kappa shape index (κ3) is 7.13. The Hall–Kier alpha value is -2.28. The van der Waals surface area contributed by atoms with Crippen molar-refractivity contribution in [3.05, 3.63) is 81.9 Å². The maximum Gasteiger partial charge on any atom is 0.0361 e. The summed E-state index contributed by atoms with van der Waals surface area (Å²) in [7, 11) is 4.18. The molecule has 0 saturated heterocycles. The summed E-state index contributed by atoms with van der Waals surface area (Å²) in [5, 5.41) is 0. The second kappa shape index (κ2) is 11.9. The molecule has 2 aromatic carbocycles. The van der Waals surface area contributed by atoms with Gasteiger partial charge < -0.3 is 4.90 Å². The molecule has 1 aliphatic carbocycles. The van der Waals surface area contributed by atoms with Crippen molar-refractivity contribution in [1.29, 1.82) is 0 Å². The molecule has 0 heterocycles. The van der Waals surface area contributed by atoms with Gasteiger partial charge in [0, 0.05) is 19.8 Å². The zero-order valence-corrected chi connectivity index (χ0v) is 21.1. The summed E-state index contributed by atoms with van der Waals surface area (Å²) >= 11 is 0. The van der Waals surface area contributed by atoms with E-state index in [1.54, 1.807) is 11.1 Å². The molecule has 0 aromatic heterocycles. The van der Waals surface area contributed by atoms with Crippen molar-refractivity contribution in [2.75, 3.05) is 19.0 Å². The van der Waals surface area contributed by atoms with Crippen LogP contribution in [-0.2, 0) is 6.42 Å². The number of anilines is 1. The van der Waals surface area contributed by atoms with E-state index in [1.807, 2.05) is 0 Å². The predicted octanol–water partition coefficient (Wildman–Crippen LogP) is 8.61. The molecule has 0 aliphatic heterocycles. The summed E-state index contributed by atoms with van der Waals surface area (Å²) < 4.78 is 0. The van der Waals surface area contributed by atoms with Gasteiger partial charge in [-0.3, -0.25) is 0 Å². The Balaban J connectivity index is 0.000000225. The minimum Gasteiger partial charge on any atom is -0.378 e. The Morgan fingerprint density at radius 1 is 0.903 bits per heavy atom. The molecule has 2 aromatic rings. The molecule has 31 heavy (non-hydrogen) atoms. The van der Waals surface area contributed by atoms with Gasteiger partial charge >= 0.3 is 0 Å². The molecule has 0 spiro atoms. The van der Waals surface area contributed by atoms with Crippen molar-refractivity contribution >= 4 is 11.3 Å². The molecule has 0 N–H and O–H groups in total. The van der Waals surface area contributed by atoms with Gasteiger partial charge in [-0.25, -0.2) is 0 Å². The van der Waals surface area contributed by atoms with Crippen LogP contribution < -0.4 is 4.90 Å². The molecular weight excluding hydrogens is 374 g/mol. The van der Waals surface area contributed by atoms with Crippen LogP contribution in [0.2, 0.25) is 0 Å². The first-order chi connectivity index (χ1) is 14.7. The fourth-order valence-corrected chi connectivity index (χ4v) is 4.30. The fraction of sp³-hybridized carbons (Fsp3) is 0.467. The SMILES string of the molecule is C=C(C)CCc1ccc(C)c(C)c1C.CCC1=C(c2ccc(N(C)C)cc2)CCCC1. The molecule has 0 atom stereocenters. The molecule has 168 valence electrons. The lowest BCUT2D eigenvalue weighted by molar-refractivity contribution is 0.697. The smallest absolute Gasteiger partial charge is 0.0361 e. The van der Waals surface area contributed by atoms with Crippen LogP contribution in [0.3, 0.4) is 0 Å². The number of hydrogen-bond acceptors (Lipinski definition) is 1. The molecule has 1 nitrogen and oxygen atoms in total. The standard InChI is InChI=1S/C16H23N.C14H20/c1-4-13-7-5-6-8-16(13)14-9-11-15(12-10-14)17(2)3;1-10(2)6-8-14-9-7-11(3)12(4)13(14)5/h9-12H,4-8H2,1-3H3;7,9H,1,6,8H2,2-5H3. The normalized spacial score (nSPS) is 13.5. The molecule has 1 aliphatic rings. The number of hydrogen-bond donors (Lipinski definition) is 0. The van der Waals surface area contributed by atoms with E-state index in [0.717, 1.165) is 12.8 Å². The van der Waals surface area contributed by atoms with Crippen LogP contribution >= 0.6 is 0 Å². The highest BCUT2D eigenvalue weighted by molar-refractivity contribution is 5.70. The Morgan fingerprint density at radius 2 is 1.55 bits per heavy atom. The van der Waals surface area contributed by atoms with Crippen LogP contribution in [0.5, 0.6) is 0 Å². The Kier molecular flexibility index (Phi) is 9.62. The maximum absolute atomic E-state index is 3.94. The summed E-state index contributed by atoms with van der Waals surface area (Å²) in [6.45, 7) is 14.9. The lowest BCUT2D eigenvalue weighted by atomic mass is 9.86. The van der Waals surface area contributed by atoms with Gasteiger partial charge in [0.2, 0.25) is 0 Å². The second-order valence-corrected chi connectivity index (χ2v) is 9.33. The van der Waals surface area contributed by atoms with Gasteiger partial charge in [-0.1, -0.05) is 42.3 Å². The average Bonchev–Trinajstić information content (AvgIpc) is 2.77. The molecule has 3 rings (SSSR count). The van der Waals surface area contributed by atoms with Crippen molar-refractivity contribution in [2.24, 2.45) is 0 Å². The first kappa shape index (κ1) is 25.0. The van der Waals surface area contributed by atoms with E-state index >= 15 is 0 Å². The third-order valence-electron chi connectivity index (χ3n) is 6.73. The highest BCUT2D eigenvalue weighted by atomic mass is 15.1. The number of rotatable bonds is 6. The van der Waals surface area contributed by atoms with E-state index in [0.29, 0.717) is 0 Å². The first-order valence-corrected chi connectivity index (χ1v) is 11.9. The lowest BCUT2D eigenvalue weighted by Gasteiger charge is -2.20. The summed E-state index contributed by atoms with van der Waals surface area (Å²) in [5.74, 6) is 0. The van der Waals surface area contributed by atoms with Gasteiger partial charge in [-0.05, 0) is 118 Å². The van der Waals surface area contributed by atoms with Gasteiger partial charge in [-0.15, -0.1) is 6.58 Å². The fourth-order valence-electron chi connectivity index (χ4n) is 4.30. The molecule has 0 saturated carbocycles. The molecule has 1 heteroatoms. The van der Waals surface area contributed by atoms with Crippen molar-refractivity contribution in [1.82, 2.24) is 0 Å². The van der Waals surface area contributed by atoms with E-state index in [1.165, 1.54) is 71.2 Å². The number of nitrogens with zero attached hydrogens (tertiary/aromatic N) is 1. The summed E-state index contributed by atoms with van der Waals surface area (Å²) in [5.41, 5.74) is 13.0. The zero-order valence-electron chi connectivity index (χ0n) is 21.1. The van der Waals surface area contributed by atoms with Crippen molar-refractivity contribution < 1.29 is 0 Å². The minimum atomic E-state index is 1.10. The number of benzene rings is 2. The van der Waals surface area contributed by atoms with Gasteiger partial charge in [0.1, 0.15) is 0 Å². The third-order valence-corrected chi connectivity index (χ3v) is 6.73. The minimum absolute atomic E-state index is 1.10. The predicted molar refractivity (Wildman–Crippen MR) is 140 cm³/mol. The molecular formula is C30H43N. The maximum atomic E-state index is 3.94. The second-order valence-electron chi connectivity index (χ2n) is 9.33. The van der Waals surface area contributed by atoms with Gasteiger partial charge in [0.15, 0.2) is 0 Å². The van der Waals surface area contributed by atoms with Crippen molar-refractivity contribution in [3.63, 3.8) is 0 Å². The van der Waals surface area contributed by atoms with Crippen molar-refractivity contribution in [2.45, 2.75) is 79.6 Å². The Bertz CT molecular complexity index is 897. The van der Waals surface area contributed by atoms with Crippen LogP contribution in [0.1, 0.15) is 80.2 Å². The largest absolute Gasteiger partial charge is 0.378 e. The summed E-state index contributed by atoms with van der Waals surface area (Å²) in [6, 6.07) is 13.5. The van der Waals surface area contributed by atoms with Gasteiger partial charge in [0.25, 0.3) is 0 Å². The highest BCUT2D eigenvalue weighted by Crippen LogP contribution is 2.34. The van der Waals surface area contributed by atoms with Gasteiger partial charge in [-0.2, -0.15) is 0 Å². The quantitative estimate of drug-likeness (QED) is 0.425. The van der Waals surface area contributed by atoms with Crippen LogP contribution in [0.4, 0.5) is 5.69 Å². The lowest BCUT2D eigenvalue weighted by Crippen LogP contribution is -2.08. The van der Waals surface area contributed by atoms with Crippen LogP contribution in [0.15, 0.2) is 54.1 Å². The Labute approximate surface area is 191 Å². The number of aryl methyl sites for hydroxylation is 2. The van der Waals surface area contributed by atoms with Crippen LogP contribution in [-0.4, -0.2) is 14.1 Å². The average molecular weight is 418 g/mol. The molecule has 0 radical (unpaired) electrons. The summed E-state index contributed by atoms with van der Waals surface area (Å²) in [4.78, 5) is 2.15. The molecule has 0 fully saturated rings. The monoisotopic (exact) mass is 417 g/mol. The van der Waals surface area contributed by atoms with Crippen LogP contribution in [0, 0.1) is 20.8 Å². The number of allylic oxidation sites excluding steroid dienone is 3. The van der Waals surface area contributed by atoms with Crippen LogP contribution in [0.25, 0.3) is 5.57 Å². The molecule has 0 amide bonds. The molecule has 0 unspecified atom stereocenters. The van der Waals surface area contributed by atoms with E-state index in [9.17, 15) is 0 Å². The van der Waals surface area contributed by atoms with Gasteiger partial charge in [0.05, 0.1) is 0 Å². The van der Waals surface area contributed by atoms with E-state index in [-0.39, 0.29) is 0 Å². The Morgan fingerprint density at radius 3 is 2.13 bits per heavy atom. The topological polar surface area (TPSA) is 3.24 Å². The summed E-state index contributed by atoms with van der Waals surface area (Å²) in [6.07, 6.45) is 8.75. The molecule has 0 bridgehead atoms. The first-order valence-electron chi connectivity index (χ1n) is 11.9. The zero-order chi connectivity index (χ0) is 23.0. The van der Waals surface area contributed by atoms with E-state index in [2.05, 4.69) is 96.6 Å². The van der Waals surface area contributed by atoms with E-state index < -0.39 is 0 Å². The van der Waals surface area contributed by atoms with E-state index in [4.69, 9.17) is 0 Å².